The third-order valence-electron chi connectivity index (χ3n) is 9.52. The summed E-state index contributed by atoms with van der Waals surface area (Å²) < 4.78 is 15.8. The third-order valence-corrected chi connectivity index (χ3v) is 9.52. The maximum atomic E-state index is 6.81. The molecule has 0 saturated heterocycles. The zero-order chi connectivity index (χ0) is 30.2. The van der Waals surface area contributed by atoms with Gasteiger partial charge in [0.2, 0.25) is 0 Å². The molecule has 2 aliphatic rings. The van der Waals surface area contributed by atoms with Gasteiger partial charge in [-0.1, -0.05) is 72.8 Å². The molecule has 0 aliphatic carbocycles. The Bertz CT molecular complexity index is 2430. The molecular formula is C41H25N3O2. The average Bonchev–Trinajstić information content (AvgIpc) is 3.46. The smallest absolute Gasteiger partial charge is 0.134 e. The fraction of sp³-hybridized carbons (Fsp3) is 0.0244. The van der Waals surface area contributed by atoms with Gasteiger partial charge in [0.1, 0.15) is 23.0 Å². The molecule has 0 fully saturated rings. The molecule has 0 amide bonds. The molecule has 1 unspecified atom stereocenters. The van der Waals surface area contributed by atoms with Crippen LogP contribution in [0.15, 0.2) is 152 Å². The molecule has 0 saturated carbocycles. The Balaban J connectivity index is 1.27. The van der Waals surface area contributed by atoms with E-state index in [0.29, 0.717) is 0 Å². The zero-order valence-corrected chi connectivity index (χ0v) is 24.6. The lowest BCUT2D eigenvalue weighted by Crippen LogP contribution is -2.36. The van der Waals surface area contributed by atoms with Gasteiger partial charge in [0, 0.05) is 63.4 Å². The van der Waals surface area contributed by atoms with E-state index in [1.165, 1.54) is 10.8 Å². The lowest BCUT2D eigenvalue weighted by atomic mass is 9.62. The molecule has 0 bridgehead atoms. The highest BCUT2D eigenvalue weighted by Crippen LogP contribution is 2.61. The molecule has 0 N–H and O–H groups in total. The van der Waals surface area contributed by atoms with Crippen molar-refractivity contribution >= 4 is 21.8 Å². The summed E-state index contributed by atoms with van der Waals surface area (Å²) in [5.74, 6) is 3.30. The number of ether oxygens (including phenoxy) is 2. The lowest BCUT2D eigenvalue weighted by Gasteiger charge is -2.45. The Labute approximate surface area is 265 Å². The molecule has 46 heavy (non-hydrogen) atoms. The second kappa shape index (κ2) is 9.40. The van der Waals surface area contributed by atoms with Gasteiger partial charge in [0.25, 0.3) is 0 Å². The summed E-state index contributed by atoms with van der Waals surface area (Å²) in [5, 5.41) is 2.36. The van der Waals surface area contributed by atoms with Crippen LogP contribution in [-0.2, 0) is 5.41 Å². The highest BCUT2D eigenvalue weighted by Gasteiger charge is 2.50. The van der Waals surface area contributed by atoms with Crippen LogP contribution in [-0.4, -0.2) is 14.5 Å². The minimum atomic E-state index is -0.661. The third kappa shape index (κ3) is 3.34. The minimum Gasteiger partial charge on any atom is -0.457 e. The topological polar surface area (TPSA) is 49.2 Å². The van der Waals surface area contributed by atoms with Crippen molar-refractivity contribution in [2.24, 2.45) is 0 Å². The number of para-hydroxylation sites is 3. The van der Waals surface area contributed by atoms with Crippen LogP contribution in [0, 0.1) is 0 Å². The van der Waals surface area contributed by atoms with Crippen LogP contribution in [0.25, 0.3) is 38.6 Å². The molecule has 5 heterocycles. The maximum absolute atomic E-state index is 6.81. The molecule has 1 spiro atoms. The van der Waals surface area contributed by atoms with Crippen molar-refractivity contribution in [3.63, 3.8) is 0 Å². The summed E-state index contributed by atoms with van der Waals surface area (Å²) in [6.07, 6.45) is 7.44. The quantitative estimate of drug-likeness (QED) is 0.201. The normalized spacial score (nSPS) is 15.8. The van der Waals surface area contributed by atoms with Crippen molar-refractivity contribution < 1.29 is 9.47 Å². The number of rotatable bonds is 2. The van der Waals surface area contributed by atoms with Gasteiger partial charge >= 0.3 is 0 Å². The number of benzene rings is 5. The standard InChI is InChI=1S/C41H25N3O2/c1-4-10-35-29(7-1)30-19-22-43-25-36(30)44(35)28-14-16-34-40(24-28)46-38-12-6-3-9-32(38)41(34)31-8-2-5-11-37(31)45-39-23-27(13-15-33(39)41)26-17-20-42-21-18-26/h1-25H. The predicted molar refractivity (Wildman–Crippen MR) is 180 cm³/mol. The lowest BCUT2D eigenvalue weighted by molar-refractivity contribution is 0.399. The van der Waals surface area contributed by atoms with Gasteiger partial charge in [-0.25, -0.2) is 0 Å². The van der Waals surface area contributed by atoms with E-state index in [4.69, 9.17) is 9.47 Å². The molecule has 2 aliphatic heterocycles. The van der Waals surface area contributed by atoms with Crippen LogP contribution in [0.5, 0.6) is 23.0 Å². The fourth-order valence-electron chi connectivity index (χ4n) is 7.62. The number of nitrogens with zero attached hydrogens (tertiary/aromatic N) is 3. The van der Waals surface area contributed by atoms with Gasteiger partial charge in [0.15, 0.2) is 0 Å². The van der Waals surface area contributed by atoms with E-state index >= 15 is 0 Å². The highest BCUT2D eigenvalue weighted by molar-refractivity contribution is 6.09. The summed E-state index contributed by atoms with van der Waals surface area (Å²) in [5.41, 5.74) is 9.03. The average molecular weight is 592 g/mol. The summed E-state index contributed by atoms with van der Waals surface area (Å²) in [7, 11) is 0. The fourth-order valence-corrected chi connectivity index (χ4v) is 7.62. The molecule has 5 nitrogen and oxygen atoms in total. The number of pyridine rings is 2. The van der Waals surface area contributed by atoms with Crippen LogP contribution in [0.1, 0.15) is 22.3 Å². The summed E-state index contributed by atoms with van der Waals surface area (Å²) in [6, 6.07) is 44.6. The van der Waals surface area contributed by atoms with Crippen LogP contribution in [0.4, 0.5) is 0 Å². The van der Waals surface area contributed by atoms with E-state index in [2.05, 4.69) is 118 Å². The first-order valence-corrected chi connectivity index (χ1v) is 15.4. The number of hydrogen-bond donors (Lipinski definition) is 0. The maximum Gasteiger partial charge on any atom is 0.134 e. The first kappa shape index (κ1) is 25.2. The van der Waals surface area contributed by atoms with Gasteiger partial charge < -0.3 is 14.0 Å². The van der Waals surface area contributed by atoms with E-state index < -0.39 is 5.41 Å². The zero-order valence-electron chi connectivity index (χ0n) is 24.6. The van der Waals surface area contributed by atoms with Gasteiger partial charge in [-0.15, -0.1) is 0 Å². The van der Waals surface area contributed by atoms with Crippen molar-refractivity contribution in [2.45, 2.75) is 5.41 Å². The molecule has 3 aromatic heterocycles. The van der Waals surface area contributed by atoms with Gasteiger partial charge in [-0.3, -0.25) is 9.97 Å². The summed E-state index contributed by atoms with van der Waals surface area (Å²) in [4.78, 5) is 8.70. The van der Waals surface area contributed by atoms with Crippen LogP contribution >= 0.6 is 0 Å². The van der Waals surface area contributed by atoms with Gasteiger partial charge in [-0.05, 0) is 59.7 Å². The molecular weight excluding hydrogens is 566 g/mol. The molecule has 1 atom stereocenters. The van der Waals surface area contributed by atoms with Crippen molar-refractivity contribution in [1.29, 1.82) is 0 Å². The largest absolute Gasteiger partial charge is 0.457 e. The van der Waals surface area contributed by atoms with E-state index in [-0.39, 0.29) is 0 Å². The van der Waals surface area contributed by atoms with Crippen LogP contribution < -0.4 is 9.47 Å². The van der Waals surface area contributed by atoms with Crippen LogP contribution in [0.3, 0.4) is 0 Å². The first-order valence-electron chi connectivity index (χ1n) is 15.4. The molecule has 5 heteroatoms. The van der Waals surface area contributed by atoms with E-state index in [1.807, 2.05) is 49.1 Å². The summed E-state index contributed by atoms with van der Waals surface area (Å²) in [6.45, 7) is 0. The molecule has 0 radical (unpaired) electrons. The number of hydrogen-bond acceptors (Lipinski definition) is 4. The molecule has 216 valence electrons. The minimum absolute atomic E-state index is 0.661. The van der Waals surface area contributed by atoms with Crippen molar-refractivity contribution in [1.82, 2.24) is 14.5 Å². The second-order valence-electron chi connectivity index (χ2n) is 11.8. The molecule has 5 aromatic carbocycles. The Morgan fingerprint density at radius 3 is 1.85 bits per heavy atom. The van der Waals surface area contributed by atoms with E-state index in [9.17, 15) is 0 Å². The molecule has 8 aromatic rings. The van der Waals surface area contributed by atoms with Crippen molar-refractivity contribution in [3.8, 4) is 39.8 Å². The Hall–Kier alpha value is -6.20. The highest BCUT2D eigenvalue weighted by atomic mass is 16.5. The second-order valence-corrected chi connectivity index (χ2v) is 11.8. The Kier molecular flexibility index (Phi) is 5.14. The Morgan fingerprint density at radius 1 is 0.457 bits per heavy atom. The van der Waals surface area contributed by atoms with Crippen molar-refractivity contribution in [2.75, 3.05) is 0 Å². The number of aromatic nitrogens is 3. The molecule has 10 rings (SSSR count). The van der Waals surface area contributed by atoms with E-state index in [1.54, 1.807) is 0 Å². The van der Waals surface area contributed by atoms with Crippen molar-refractivity contribution in [3.05, 3.63) is 174 Å². The van der Waals surface area contributed by atoms with Crippen LogP contribution in [0.2, 0.25) is 0 Å². The van der Waals surface area contributed by atoms with Gasteiger partial charge in [0.05, 0.1) is 22.6 Å². The first-order chi connectivity index (χ1) is 22.8. The monoisotopic (exact) mass is 591 g/mol. The SMILES string of the molecule is c1ccc2c(c1)Oc1cc(-c3ccncc3)ccc1C21c2ccccc2Oc2cc(-n3c4ccccc4c4ccncc43)ccc21. The summed E-state index contributed by atoms with van der Waals surface area (Å²) >= 11 is 0. The van der Waals surface area contributed by atoms with Gasteiger partial charge in [-0.2, -0.15) is 0 Å². The van der Waals surface area contributed by atoms with E-state index in [0.717, 1.165) is 73.1 Å². The predicted octanol–water partition coefficient (Wildman–Crippen LogP) is 9.83. The number of fused-ring (bicyclic) bond motifs is 11. The Morgan fingerprint density at radius 2 is 1.07 bits per heavy atom.